The molecule has 4 rings (SSSR count). The molecule has 4 aromatic rings. The van der Waals surface area contributed by atoms with Crippen LogP contribution in [0.15, 0.2) is 121 Å². The lowest BCUT2D eigenvalue weighted by Crippen LogP contribution is -2.50. The Hall–Kier alpha value is -4.34. The first kappa shape index (κ1) is 30.6. The monoisotopic (exact) mass is 570 g/mol. The Bertz CT molecular complexity index is 1240. The van der Waals surface area contributed by atoms with Crippen LogP contribution >= 0.6 is 0 Å². The van der Waals surface area contributed by atoms with E-state index < -0.39 is 36.4 Å². The summed E-state index contributed by atoms with van der Waals surface area (Å²) in [5, 5.41) is 22.6. The molecule has 0 amide bonds. The third-order valence-electron chi connectivity index (χ3n) is 6.50. The number of carbonyl (C=O) groups is 2. The summed E-state index contributed by atoms with van der Waals surface area (Å²) >= 11 is 0. The summed E-state index contributed by atoms with van der Waals surface area (Å²) in [6.45, 7) is -0.491. The Kier molecular flexibility index (Phi) is 11.8. The minimum absolute atomic E-state index is 0.0940. The van der Waals surface area contributed by atoms with Crippen molar-refractivity contribution in [1.29, 1.82) is 0 Å². The van der Waals surface area contributed by atoms with Crippen LogP contribution in [0.1, 0.15) is 31.8 Å². The average molecular weight is 571 g/mol. The van der Waals surface area contributed by atoms with Crippen molar-refractivity contribution in [1.82, 2.24) is 0 Å². The minimum Gasteiger partial charge on any atom is -0.459 e. The first-order valence-electron chi connectivity index (χ1n) is 13.6. The highest BCUT2D eigenvalue weighted by Gasteiger charge is 2.35. The van der Waals surface area contributed by atoms with Crippen molar-refractivity contribution in [3.63, 3.8) is 0 Å². The van der Waals surface area contributed by atoms with Crippen LogP contribution in [0.25, 0.3) is 0 Å². The maximum Gasteiger partial charge on any atom is 0.338 e. The highest BCUT2D eigenvalue weighted by atomic mass is 16.6. The first-order chi connectivity index (χ1) is 20.5. The molecule has 0 spiro atoms. The van der Waals surface area contributed by atoms with E-state index in [2.05, 4.69) is 0 Å². The summed E-state index contributed by atoms with van der Waals surface area (Å²) in [7, 11) is 0. The van der Waals surface area contributed by atoms with Crippen LogP contribution in [-0.2, 0) is 32.2 Å². The van der Waals surface area contributed by atoms with E-state index in [-0.39, 0.29) is 26.4 Å². The summed E-state index contributed by atoms with van der Waals surface area (Å²) in [6.07, 6.45) is -5.37. The van der Waals surface area contributed by atoms with Crippen molar-refractivity contribution < 1.29 is 38.7 Å². The molecule has 8 nitrogen and oxygen atoms in total. The first-order valence-corrected chi connectivity index (χ1v) is 13.6. The molecule has 0 aliphatic rings. The van der Waals surface area contributed by atoms with Gasteiger partial charge in [-0.1, -0.05) is 97.1 Å². The zero-order valence-electron chi connectivity index (χ0n) is 23.0. The second-order valence-corrected chi connectivity index (χ2v) is 9.58. The molecule has 0 saturated heterocycles. The molecule has 0 heterocycles. The van der Waals surface area contributed by atoms with Crippen LogP contribution in [0.3, 0.4) is 0 Å². The minimum atomic E-state index is -1.56. The molecule has 0 saturated carbocycles. The van der Waals surface area contributed by atoms with Gasteiger partial charge in [0.1, 0.15) is 37.6 Å². The summed E-state index contributed by atoms with van der Waals surface area (Å²) < 4.78 is 22.8. The highest BCUT2D eigenvalue weighted by molar-refractivity contribution is 5.89. The topological polar surface area (TPSA) is 112 Å². The summed E-state index contributed by atoms with van der Waals surface area (Å²) in [6, 6.07) is 35.4. The van der Waals surface area contributed by atoms with Gasteiger partial charge in [-0.3, -0.25) is 0 Å². The molecule has 0 bridgehead atoms. The van der Waals surface area contributed by atoms with Crippen LogP contribution in [0.5, 0.6) is 0 Å². The van der Waals surface area contributed by atoms with Crippen molar-refractivity contribution in [3.8, 4) is 0 Å². The molecule has 0 aliphatic heterocycles. The predicted molar refractivity (Wildman–Crippen MR) is 156 cm³/mol. The average Bonchev–Trinajstić information content (AvgIpc) is 3.05. The molecule has 4 atom stereocenters. The number of aliphatic hydroxyl groups excluding tert-OH is 2. The molecule has 2 N–H and O–H groups in total. The predicted octanol–water partition coefficient (Wildman–Crippen LogP) is 4.59. The van der Waals surface area contributed by atoms with Crippen LogP contribution in [-0.4, -0.2) is 59.8 Å². The molecular formula is C34H34O8. The summed E-state index contributed by atoms with van der Waals surface area (Å²) in [5.74, 6) is -1.20. The number of hydrogen-bond acceptors (Lipinski definition) is 8. The molecule has 4 aromatic carbocycles. The number of hydrogen-bond donors (Lipinski definition) is 2. The SMILES string of the molecule is O=C(OC[C@@H](OCc1ccccc1)[C@@H](O)[C@H](O)[C@@H](COC(=O)c1ccccc1)OCc1ccccc1)c1ccccc1. The van der Waals surface area contributed by atoms with Gasteiger partial charge in [-0.15, -0.1) is 0 Å². The smallest absolute Gasteiger partial charge is 0.338 e. The molecule has 42 heavy (non-hydrogen) atoms. The zero-order valence-corrected chi connectivity index (χ0v) is 23.0. The van der Waals surface area contributed by atoms with E-state index >= 15 is 0 Å². The fraction of sp³-hybridized carbons (Fsp3) is 0.235. The maximum atomic E-state index is 12.6. The van der Waals surface area contributed by atoms with Crippen molar-refractivity contribution in [2.75, 3.05) is 13.2 Å². The molecule has 8 heteroatoms. The van der Waals surface area contributed by atoms with E-state index in [1.807, 2.05) is 60.7 Å². The lowest BCUT2D eigenvalue weighted by Gasteiger charge is -2.31. The van der Waals surface area contributed by atoms with Crippen LogP contribution < -0.4 is 0 Å². The summed E-state index contributed by atoms with van der Waals surface area (Å²) in [5.41, 5.74) is 2.33. The third-order valence-corrected chi connectivity index (χ3v) is 6.50. The molecular weight excluding hydrogens is 536 g/mol. The molecule has 0 unspecified atom stereocenters. The van der Waals surface area contributed by atoms with Gasteiger partial charge < -0.3 is 29.2 Å². The van der Waals surface area contributed by atoms with Gasteiger partial charge in [0.2, 0.25) is 0 Å². The van der Waals surface area contributed by atoms with Gasteiger partial charge in [0.15, 0.2) is 0 Å². The number of aliphatic hydroxyl groups is 2. The lowest BCUT2D eigenvalue weighted by atomic mass is 10.0. The Balaban J connectivity index is 1.48. The van der Waals surface area contributed by atoms with E-state index in [1.165, 1.54) is 0 Å². The molecule has 0 aromatic heterocycles. The van der Waals surface area contributed by atoms with Gasteiger partial charge in [-0.2, -0.15) is 0 Å². The second-order valence-electron chi connectivity index (χ2n) is 9.58. The quantitative estimate of drug-likeness (QED) is 0.200. The molecule has 0 aliphatic carbocycles. The second kappa shape index (κ2) is 16.2. The highest BCUT2D eigenvalue weighted by Crippen LogP contribution is 2.17. The van der Waals surface area contributed by atoms with Crippen LogP contribution in [0.4, 0.5) is 0 Å². The van der Waals surface area contributed by atoms with E-state index in [1.54, 1.807) is 60.7 Å². The number of carbonyl (C=O) groups excluding carboxylic acids is 2. The van der Waals surface area contributed by atoms with Gasteiger partial charge in [-0.25, -0.2) is 9.59 Å². The van der Waals surface area contributed by atoms with Gasteiger partial charge in [-0.05, 0) is 35.4 Å². The van der Waals surface area contributed by atoms with Crippen molar-refractivity contribution in [2.24, 2.45) is 0 Å². The Morgan fingerprint density at radius 1 is 0.500 bits per heavy atom. The molecule has 0 radical (unpaired) electrons. The largest absolute Gasteiger partial charge is 0.459 e. The molecule has 0 fully saturated rings. The third kappa shape index (κ3) is 9.36. The summed E-state index contributed by atoms with van der Waals surface area (Å²) in [4.78, 5) is 25.2. The van der Waals surface area contributed by atoms with Gasteiger partial charge in [0, 0.05) is 0 Å². The Morgan fingerprint density at radius 3 is 1.14 bits per heavy atom. The number of esters is 2. The number of benzene rings is 4. The van der Waals surface area contributed by atoms with Gasteiger partial charge in [0.25, 0.3) is 0 Å². The van der Waals surface area contributed by atoms with Gasteiger partial charge in [0.05, 0.1) is 24.3 Å². The maximum absolute atomic E-state index is 12.6. The van der Waals surface area contributed by atoms with Crippen LogP contribution in [0, 0.1) is 0 Å². The zero-order chi connectivity index (χ0) is 29.6. The Labute approximate surface area is 245 Å². The van der Waals surface area contributed by atoms with E-state index in [9.17, 15) is 19.8 Å². The fourth-order valence-corrected chi connectivity index (χ4v) is 4.12. The lowest BCUT2D eigenvalue weighted by molar-refractivity contribution is -0.160. The van der Waals surface area contributed by atoms with E-state index in [4.69, 9.17) is 18.9 Å². The Morgan fingerprint density at radius 2 is 0.810 bits per heavy atom. The normalized spacial score (nSPS) is 13.9. The number of rotatable bonds is 15. The van der Waals surface area contributed by atoms with Crippen molar-refractivity contribution in [2.45, 2.75) is 37.6 Å². The van der Waals surface area contributed by atoms with E-state index in [0.29, 0.717) is 11.1 Å². The standard InChI is InChI=1S/C34H34O8/c35-31(29(39-21-25-13-5-1-6-14-25)23-41-33(37)27-17-9-3-10-18-27)32(36)30(40-22-26-15-7-2-8-16-26)24-42-34(38)28-19-11-4-12-20-28/h1-20,29-32,35-36H,21-24H2/t29-,30-,31-,32-/m1/s1. The molecule has 218 valence electrons. The van der Waals surface area contributed by atoms with Gasteiger partial charge >= 0.3 is 11.9 Å². The number of ether oxygens (including phenoxy) is 4. The van der Waals surface area contributed by atoms with Crippen molar-refractivity contribution in [3.05, 3.63) is 144 Å². The van der Waals surface area contributed by atoms with Crippen molar-refractivity contribution >= 4 is 11.9 Å². The van der Waals surface area contributed by atoms with E-state index in [0.717, 1.165) is 11.1 Å². The van der Waals surface area contributed by atoms with Crippen LogP contribution in [0.2, 0.25) is 0 Å². The fourth-order valence-electron chi connectivity index (χ4n) is 4.12.